The first-order valence-electron chi connectivity index (χ1n) is 4.85. The summed E-state index contributed by atoms with van der Waals surface area (Å²) in [5.74, 6) is -1.03. The van der Waals surface area contributed by atoms with Crippen molar-refractivity contribution in [1.29, 1.82) is 10.5 Å². The molecule has 1 rings (SSSR count). The van der Waals surface area contributed by atoms with Crippen LogP contribution in [0.2, 0.25) is 0 Å². The van der Waals surface area contributed by atoms with Crippen molar-refractivity contribution in [2.45, 2.75) is 6.54 Å². The van der Waals surface area contributed by atoms with Crippen molar-refractivity contribution in [2.75, 3.05) is 13.2 Å². The van der Waals surface area contributed by atoms with E-state index in [1.54, 1.807) is 6.07 Å². The Morgan fingerprint density at radius 3 is 2.47 bits per heavy atom. The molecule has 0 saturated heterocycles. The van der Waals surface area contributed by atoms with Crippen LogP contribution in [0.5, 0.6) is 11.5 Å². The number of nitrogens with zero attached hydrogens (tertiary/aromatic N) is 2. The zero-order valence-electron chi connectivity index (χ0n) is 8.93. The van der Waals surface area contributed by atoms with E-state index in [2.05, 4.69) is 5.32 Å². The lowest BCUT2D eigenvalue weighted by Gasteiger charge is -2.10. The van der Waals surface area contributed by atoms with Gasteiger partial charge in [-0.05, 0) is 0 Å². The maximum absolute atomic E-state index is 9.50. The molecule has 4 N–H and O–H groups in total. The van der Waals surface area contributed by atoms with Gasteiger partial charge < -0.3 is 20.6 Å². The standard InChI is InChI=1S/C11H11N3O3/c12-4-7-3-10(16)11(17)8(5-13)9(7)6-14-1-2-15/h3,14-17H,1-2,6H2. The minimum absolute atomic E-state index is 0.0756. The molecule has 0 aliphatic heterocycles. The van der Waals surface area contributed by atoms with Gasteiger partial charge in [-0.2, -0.15) is 10.5 Å². The number of aromatic hydroxyl groups is 2. The molecule has 17 heavy (non-hydrogen) atoms. The molecule has 6 nitrogen and oxygen atoms in total. The zero-order chi connectivity index (χ0) is 12.8. The summed E-state index contributed by atoms with van der Waals surface area (Å²) >= 11 is 0. The molecule has 0 atom stereocenters. The van der Waals surface area contributed by atoms with Gasteiger partial charge in [0.05, 0.1) is 18.2 Å². The van der Waals surface area contributed by atoms with E-state index in [9.17, 15) is 10.2 Å². The zero-order valence-corrected chi connectivity index (χ0v) is 8.93. The van der Waals surface area contributed by atoms with Gasteiger partial charge in [-0.15, -0.1) is 0 Å². The van der Waals surface area contributed by atoms with Crippen LogP contribution in [0.3, 0.4) is 0 Å². The molecule has 0 aliphatic carbocycles. The molecule has 0 aliphatic rings. The molecule has 0 radical (unpaired) electrons. The second-order valence-electron chi connectivity index (χ2n) is 3.27. The number of nitriles is 2. The average molecular weight is 233 g/mol. The Morgan fingerprint density at radius 2 is 1.94 bits per heavy atom. The Balaban J connectivity index is 3.21. The van der Waals surface area contributed by atoms with E-state index in [0.29, 0.717) is 12.1 Å². The van der Waals surface area contributed by atoms with Gasteiger partial charge in [0, 0.05) is 24.7 Å². The maximum atomic E-state index is 9.50. The highest BCUT2D eigenvalue weighted by Gasteiger charge is 2.16. The summed E-state index contributed by atoms with van der Waals surface area (Å²) < 4.78 is 0. The van der Waals surface area contributed by atoms with Crippen LogP contribution >= 0.6 is 0 Å². The predicted octanol–water partition coefficient (Wildman–Crippen LogP) is -0.0769. The van der Waals surface area contributed by atoms with Crippen LogP contribution in [0.25, 0.3) is 0 Å². The molecule has 1 aromatic carbocycles. The lowest BCUT2D eigenvalue weighted by atomic mass is 10.0. The number of benzene rings is 1. The smallest absolute Gasteiger partial charge is 0.176 e. The van der Waals surface area contributed by atoms with E-state index < -0.39 is 11.5 Å². The maximum Gasteiger partial charge on any atom is 0.176 e. The lowest BCUT2D eigenvalue weighted by molar-refractivity contribution is 0.292. The summed E-state index contributed by atoms with van der Waals surface area (Å²) in [4.78, 5) is 0. The third-order valence-corrected chi connectivity index (χ3v) is 2.21. The van der Waals surface area contributed by atoms with Crippen molar-refractivity contribution in [3.63, 3.8) is 0 Å². The topological polar surface area (TPSA) is 120 Å². The van der Waals surface area contributed by atoms with E-state index in [4.69, 9.17) is 15.6 Å². The summed E-state index contributed by atoms with van der Waals surface area (Å²) in [6.45, 7) is 0.380. The van der Waals surface area contributed by atoms with E-state index >= 15 is 0 Å². The number of phenolic OH excluding ortho intramolecular Hbond substituents is 2. The number of hydrogen-bond acceptors (Lipinski definition) is 6. The van der Waals surface area contributed by atoms with Gasteiger partial charge in [-0.3, -0.25) is 0 Å². The Morgan fingerprint density at radius 1 is 1.24 bits per heavy atom. The molecule has 1 aromatic rings. The normalized spacial score (nSPS) is 9.59. The third kappa shape index (κ3) is 2.64. The van der Waals surface area contributed by atoms with Crippen LogP contribution in [-0.2, 0) is 6.54 Å². The van der Waals surface area contributed by atoms with Gasteiger partial charge >= 0.3 is 0 Å². The van der Waals surface area contributed by atoms with Crippen molar-refractivity contribution in [3.8, 4) is 23.6 Å². The molecule has 0 bridgehead atoms. The number of phenols is 2. The first-order chi connectivity index (χ1) is 8.15. The van der Waals surface area contributed by atoms with Gasteiger partial charge in [-0.1, -0.05) is 0 Å². The molecule has 0 fully saturated rings. The molecule has 88 valence electrons. The minimum Gasteiger partial charge on any atom is -0.504 e. The number of hydrogen-bond donors (Lipinski definition) is 4. The van der Waals surface area contributed by atoms with Gasteiger partial charge in [-0.25, -0.2) is 0 Å². The Labute approximate surface area is 98.0 Å². The molecule has 0 amide bonds. The number of nitrogens with one attached hydrogen (secondary N) is 1. The average Bonchev–Trinajstić information content (AvgIpc) is 2.33. The first kappa shape index (κ1) is 12.8. The third-order valence-electron chi connectivity index (χ3n) is 2.21. The van der Waals surface area contributed by atoms with Crippen molar-refractivity contribution in [1.82, 2.24) is 5.32 Å². The van der Waals surface area contributed by atoms with Crippen LogP contribution < -0.4 is 5.32 Å². The highest BCUT2D eigenvalue weighted by molar-refractivity contribution is 5.61. The molecular formula is C11H11N3O3. The fraction of sp³-hybridized carbons (Fsp3) is 0.273. The Kier molecular flexibility index (Phi) is 4.29. The molecule has 0 spiro atoms. The molecule has 0 heterocycles. The Bertz CT molecular complexity index is 500. The van der Waals surface area contributed by atoms with Crippen LogP contribution in [-0.4, -0.2) is 28.5 Å². The Hall–Kier alpha value is -2.28. The van der Waals surface area contributed by atoms with E-state index in [1.165, 1.54) is 0 Å². The van der Waals surface area contributed by atoms with E-state index in [0.717, 1.165) is 6.07 Å². The van der Waals surface area contributed by atoms with Crippen LogP contribution in [0, 0.1) is 22.7 Å². The van der Waals surface area contributed by atoms with Gasteiger partial charge in [0.1, 0.15) is 11.6 Å². The van der Waals surface area contributed by atoms with Gasteiger partial charge in [0.2, 0.25) is 0 Å². The van der Waals surface area contributed by atoms with Crippen LogP contribution in [0.1, 0.15) is 16.7 Å². The molecule has 0 unspecified atom stereocenters. The summed E-state index contributed by atoms with van der Waals surface area (Å²) in [5.41, 5.74) is 0.285. The largest absolute Gasteiger partial charge is 0.504 e. The molecule has 0 saturated carbocycles. The van der Waals surface area contributed by atoms with Crippen molar-refractivity contribution < 1.29 is 15.3 Å². The summed E-state index contributed by atoms with van der Waals surface area (Å²) in [7, 11) is 0. The predicted molar refractivity (Wildman–Crippen MR) is 58.0 cm³/mol. The second kappa shape index (κ2) is 5.71. The molecular weight excluding hydrogens is 222 g/mol. The van der Waals surface area contributed by atoms with Gasteiger partial charge in [0.25, 0.3) is 0 Å². The fourth-order valence-corrected chi connectivity index (χ4v) is 1.39. The van der Waals surface area contributed by atoms with E-state index in [1.807, 2.05) is 6.07 Å². The van der Waals surface area contributed by atoms with E-state index in [-0.39, 0.29) is 24.3 Å². The molecule has 6 heteroatoms. The number of aliphatic hydroxyl groups excluding tert-OH is 1. The van der Waals surface area contributed by atoms with Crippen molar-refractivity contribution in [3.05, 3.63) is 22.8 Å². The summed E-state index contributed by atoms with van der Waals surface area (Å²) in [6.07, 6.45) is 0. The summed E-state index contributed by atoms with van der Waals surface area (Å²) in [5, 5.41) is 48.0. The van der Waals surface area contributed by atoms with Crippen molar-refractivity contribution in [2.24, 2.45) is 0 Å². The molecule has 0 aromatic heterocycles. The number of rotatable bonds is 4. The highest BCUT2D eigenvalue weighted by atomic mass is 16.3. The minimum atomic E-state index is -0.535. The quantitative estimate of drug-likeness (QED) is 0.426. The highest BCUT2D eigenvalue weighted by Crippen LogP contribution is 2.33. The number of aliphatic hydroxyl groups is 1. The monoisotopic (exact) mass is 233 g/mol. The fourth-order valence-electron chi connectivity index (χ4n) is 1.39. The lowest BCUT2D eigenvalue weighted by Crippen LogP contribution is -2.19. The second-order valence-corrected chi connectivity index (χ2v) is 3.27. The van der Waals surface area contributed by atoms with Crippen LogP contribution in [0.4, 0.5) is 0 Å². The van der Waals surface area contributed by atoms with Gasteiger partial charge in [0.15, 0.2) is 11.5 Å². The SMILES string of the molecule is N#Cc1cc(O)c(O)c(C#N)c1CNCCO. The van der Waals surface area contributed by atoms with Crippen molar-refractivity contribution >= 4 is 0 Å². The first-order valence-corrected chi connectivity index (χ1v) is 4.85. The van der Waals surface area contributed by atoms with Crippen LogP contribution in [0.15, 0.2) is 6.07 Å². The summed E-state index contributed by atoms with van der Waals surface area (Å²) in [6, 6.07) is 4.69.